The minimum absolute atomic E-state index is 0.881. The minimum Gasteiger partial charge on any atom is -0.345 e. The summed E-state index contributed by atoms with van der Waals surface area (Å²) in [6.07, 6.45) is 9.74. The molecule has 2 nitrogen and oxygen atoms in total. The highest BCUT2D eigenvalue weighted by molar-refractivity contribution is 5.79. The fourth-order valence-corrected chi connectivity index (χ4v) is 4.02. The van der Waals surface area contributed by atoms with Crippen molar-refractivity contribution in [2.24, 2.45) is 5.92 Å². The lowest BCUT2D eigenvalue weighted by atomic mass is 10.0. The van der Waals surface area contributed by atoms with Crippen LogP contribution in [0.1, 0.15) is 50.2 Å². The Labute approximate surface area is 183 Å². The van der Waals surface area contributed by atoms with Crippen LogP contribution in [-0.2, 0) is 6.42 Å². The summed E-state index contributed by atoms with van der Waals surface area (Å²) >= 11 is 0. The van der Waals surface area contributed by atoms with Crippen LogP contribution >= 0.6 is 0 Å². The third-order valence-corrected chi connectivity index (χ3v) is 6.16. The maximum absolute atomic E-state index is 4.34. The Morgan fingerprint density at radius 3 is 2.43 bits per heavy atom. The van der Waals surface area contributed by atoms with Gasteiger partial charge in [-0.25, -0.2) is 0 Å². The molecule has 2 aromatic carbocycles. The zero-order chi connectivity index (χ0) is 21.5. The molecule has 30 heavy (non-hydrogen) atoms. The number of rotatable bonds is 12. The third kappa shape index (κ3) is 5.44. The number of unbranched alkanes of at least 4 members (excludes halogenated alkanes) is 1. The van der Waals surface area contributed by atoms with Crippen LogP contribution in [0, 0.1) is 5.92 Å². The molecule has 2 heteroatoms. The van der Waals surface area contributed by atoms with E-state index in [1.165, 1.54) is 49.0 Å². The Balaban J connectivity index is 1.84. The van der Waals surface area contributed by atoms with Crippen molar-refractivity contribution in [1.29, 1.82) is 0 Å². The molecule has 0 bridgehead atoms. The van der Waals surface area contributed by atoms with Crippen LogP contribution in [0.5, 0.6) is 0 Å². The molecule has 1 saturated carbocycles. The van der Waals surface area contributed by atoms with Crippen molar-refractivity contribution in [1.82, 2.24) is 0 Å². The molecule has 0 saturated heterocycles. The van der Waals surface area contributed by atoms with Gasteiger partial charge in [0.15, 0.2) is 0 Å². The van der Waals surface area contributed by atoms with Crippen molar-refractivity contribution >= 4 is 17.1 Å². The average molecular weight is 401 g/mol. The van der Waals surface area contributed by atoms with Crippen molar-refractivity contribution in [3.05, 3.63) is 91.2 Å². The summed E-state index contributed by atoms with van der Waals surface area (Å²) in [5, 5.41) is 0. The molecule has 0 amide bonds. The molecular weight excluding hydrogens is 364 g/mol. The predicted molar refractivity (Wildman–Crippen MR) is 133 cm³/mol. The number of aryl methyl sites for hydroxylation is 1. The van der Waals surface area contributed by atoms with Gasteiger partial charge in [-0.05, 0) is 61.1 Å². The highest BCUT2D eigenvalue weighted by Gasteiger charge is 2.20. The van der Waals surface area contributed by atoms with Gasteiger partial charge in [0, 0.05) is 36.4 Å². The number of benzene rings is 2. The molecule has 1 fully saturated rings. The SMILES string of the molecule is C=CC(=C)N(CC)c1ccc(N(C)C(=C)c2ccccc2)cc1CCCCC1CC1. The number of nitrogens with zero attached hydrogens (tertiary/aromatic N) is 2. The molecule has 0 N–H and O–H groups in total. The van der Waals surface area contributed by atoms with E-state index in [0.29, 0.717) is 0 Å². The molecule has 0 atom stereocenters. The van der Waals surface area contributed by atoms with Crippen LogP contribution in [0.4, 0.5) is 11.4 Å². The largest absolute Gasteiger partial charge is 0.345 e. The van der Waals surface area contributed by atoms with Crippen LogP contribution in [0.3, 0.4) is 0 Å². The summed E-state index contributed by atoms with van der Waals surface area (Å²) in [6, 6.07) is 17.1. The molecule has 0 radical (unpaired) electrons. The predicted octanol–water partition coefficient (Wildman–Crippen LogP) is 7.44. The molecule has 0 unspecified atom stereocenters. The van der Waals surface area contributed by atoms with Crippen LogP contribution in [0.25, 0.3) is 5.70 Å². The monoisotopic (exact) mass is 400 g/mol. The van der Waals surface area contributed by atoms with Gasteiger partial charge in [0.25, 0.3) is 0 Å². The topological polar surface area (TPSA) is 6.48 Å². The first kappa shape index (κ1) is 22.0. The summed E-state index contributed by atoms with van der Waals surface area (Å²) < 4.78 is 0. The van der Waals surface area contributed by atoms with Crippen molar-refractivity contribution in [3.8, 4) is 0 Å². The van der Waals surface area contributed by atoms with Gasteiger partial charge in [0.05, 0.1) is 0 Å². The van der Waals surface area contributed by atoms with E-state index in [2.05, 4.69) is 86.0 Å². The van der Waals surface area contributed by atoms with Gasteiger partial charge in [-0.3, -0.25) is 0 Å². The molecular formula is C28H36N2. The van der Waals surface area contributed by atoms with Gasteiger partial charge in [0.2, 0.25) is 0 Å². The van der Waals surface area contributed by atoms with Gasteiger partial charge in [-0.1, -0.05) is 75.8 Å². The highest BCUT2D eigenvalue weighted by atomic mass is 15.1. The zero-order valence-electron chi connectivity index (χ0n) is 18.7. The Bertz CT molecular complexity index is 877. The first-order chi connectivity index (χ1) is 14.5. The molecule has 2 aromatic rings. The van der Waals surface area contributed by atoms with E-state index < -0.39 is 0 Å². The standard InChI is InChI=1S/C28H36N2/c1-6-22(3)30(7-2)28-20-19-27(21-26(28)16-12-11-13-24-17-18-24)29(5)23(4)25-14-9-8-10-15-25/h6,8-10,14-15,19-21,24H,1,3-4,7,11-13,16-18H2,2,5H3. The Kier molecular flexibility index (Phi) is 7.57. The summed E-state index contributed by atoms with van der Waals surface area (Å²) in [6.45, 7) is 15.5. The zero-order valence-corrected chi connectivity index (χ0v) is 18.7. The molecule has 0 aromatic heterocycles. The van der Waals surface area contributed by atoms with Gasteiger partial charge in [0.1, 0.15) is 0 Å². The first-order valence-electron chi connectivity index (χ1n) is 11.2. The number of hydrogen-bond acceptors (Lipinski definition) is 2. The number of likely N-dealkylation sites (N-methyl/N-ethyl adjacent to an activating group) is 1. The van der Waals surface area contributed by atoms with E-state index in [9.17, 15) is 0 Å². The van der Waals surface area contributed by atoms with Gasteiger partial charge < -0.3 is 9.80 Å². The maximum atomic E-state index is 4.34. The van der Waals surface area contributed by atoms with E-state index in [-0.39, 0.29) is 0 Å². The van der Waals surface area contributed by atoms with E-state index in [0.717, 1.165) is 35.8 Å². The fourth-order valence-electron chi connectivity index (χ4n) is 4.02. The van der Waals surface area contributed by atoms with Crippen LogP contribution in [0.2, 0.25) is 0 Å². The molecule has 158 valence electrons. The van der Waals surface area contributed by atoms with Crippen molar-refractivity contribution in [3.63, 3.8) is 0 Å². The third-order valence-electron chi connectivity index (χ3n) is 6.16. The Morgan fingerprint density at radius 1 is 1.07 bits per heavy atom. The quantitative estimate of drug-likeness (QED) is 0.270. The lowest BCUT2D eigenvalue weighted by molar-refractivity contribution is 0.628. The van der Waals surface area contributed by atoms with Gasteiger partial charge >= 0.3 is 0 Å². The molecule has 0 spiro atoms. The number of anilines is 2. The summed E-state index contributed by atoms with van der Waals surface area (Å²) in [5.74, 6) is 1.00. The van der Waals surface area contributed by atoms with Crippen LogP contribution < -0.4 is 9.80 Å². The normalized spacial score (nSPS) is 13.0. The lowest BCUT2D eigenvalue weighted by Crippen LogP contribution is -2.22. The van der Waals surface area contributed by atoms with Crippen molar-refractivity contribution in [2.45, 2.75) is 45.4 Å². The second kappa shape index (κ2) is 10.3. The number of hydrogen-bond donors (Lipinski definition) is 0. The molecule has 1 aliphatic carbocycles. The van der Waals surface area contributed by atoms with E-state index in [4.69, 9.17) is 0 Å². The smallest absolute Gasteiger partial charge is 0.0444 e. The van der Waals surface area contributed by atoms with Gasteiger partial charge in [-0.15, -0.1) is 0 Å². The minimum atomic E-state index is 0.881. The summed E-state index contributed by atoms with van der Waals surface area (Å²) in [5.41, 5.74) is 6.89. The van der Waals surface area contributed by atoms with E-state index in [1.54, 1.807) is 0 Å². The van der Waals surface area contributed by atoms with E-state index >= 15 is 0 Å². The Morgan fingerprint density at radius 2 is 1.80 bits per heavy atom. The van der Waals surface area contributed by atoms with Crippen LogP contribution in [0.15, 0.2) is 80.0 Å². The molecule has 3 rings (SSSR count). The second-order valence-electron chi connectivity index (χ2n) is 8.31. The van der Waals surface area contributed by atoms with E-state index in [1.807, 2.05) is 12.1 Å². The maximum Gasteiger partial charge on any atom is 0.0444 e. The lowest BCUT2D eigenvalue weighted by Gasteiger charge is -2.29. The molecule has 0 heterocycles. The van der Waals surface area contributed by atoms with Gasteiger partial charge in [-0.2, -0.15) is 0 Å². The second-order valence-corrected chi connectivity index (χ2v) is 8.31. The molecule has 0 aliphatic heterocycles. The summed E-state index contributed by atoms with van der Waals surface area (Å²) in [4.78, 5) is 4.45. The Hall–Kier alpha value is -2.74. The summed E-state index contributed by atoms with van der Waals surface area (Å²) in [7, 11) is 2.10. The molecule has 1 aliphatic rings. The number of allylic oxidation sites excluding steroid dienone is 1. The fraction of sp³-hybridized carbons (Fsp3) is 0.357. The van der Waals surface area contributed by atoms with Crippen molar-refractivity contribution < 1.29 is 0 Å². The van der Waals surface area contributed by atoms with Crippen molar-refractivity contribution in [2.75, 3.05) is 23.4 Å². The average Bonchev–Trinajstić information content (AvgIpc) is 3.61. The highest BCUT2D eigenvalue weighted by Crippen LogP contribution is 2.35. The first-order valence-corrected chi connectivity index (χ1v) is 11.2. The van der Waals surface area contributed by atoms with Crippen LogP contribution in [-0.4, -0.2) is 13.6 Å².